The number of anilines is 1. The Bertz CT molecular complexity index is 492. The van der Waals surface area contributed by atoms with E-state index >= 15 is 0 Å². The van der Waals surface area contributed by atoms with E-state index in [1.165, 1.54) is 0 Å². The number of amides is 1. The third-order valence-electron chi connectivity index (χ3n) is 4.84. The second-order valence-corrected chi connectivity index (χ2v) is 7.41. The van der Waals surface area contributed by atoms with Crippen LogP contribution in [-0.4, -0.2) is 29.4 Å². The first-order valence-electron chi connectivity index (χ1n) is 9.61. The van der Waals surface area contributed by atoms with E-state index < -0.39 is 5.54 Å². The number of carbonyl (C=O) groups excluding carboxylic acids is 1. The molecule has 0 spiro atoms. The molecule has 1 amide bonds. The minimum atomic E-state index is -0.433. The van der Waals surface area contributed by atoms with Gasteiger partial charge in [-0.25, -0.2) is 0 Å². The summed E-state index contributed by atoms with van der Waals surface area (Å²) in [5.74, 6) is 0.0843. The number of hydrogen-bond acceptors (Lipinski definition) is 3. The molecule has 0 aromatic heterocycles. The molecule has 0 fully saturated rings. The van der Waals surface area contributed by atoms with Crippen LogP contribution in [-0.2, 0) is 4.79 Å². The zero-order valence-electron chi connectivity index (χ0n) is 16.2. The third-order valence-corrected chi connectivity index (χ3v) is 5.37. The van der Waals surface area contributed by atoms with Gasteiger partial charge in [0, 0.05) is 4.47 Å². The van der Waals surface area contributed by atoms with Crippen molar-refractivity contribution in [1.29, 1.82) is 0 Å². The summed E-state index contributed by atoms with van der Waals surface area (Å²) >= 11 is 3.43. The molecule has 0 unspecified atom stereocenters. The molecule has 142 valence electrons. The smallest absolute Gasteiger partial charge is 0.258 e. The second-order valence-electron chi connectivity index (χ2n) is 6.50. The van der Waals surface area contributed by atoms with Gasteiger partial charge in [0.15, 0.2) is 0 Å². The third kappa shape index (κ3) is 6.30. The molecule has 5 heteroatoms. The summed E-state index contributed by atoms with van der Waals surface area (Å²) in [4.78, 5) is 15.6. The van der Waals surface area contributed by atoms with E-state index in [0.717, 1.165) is 61.8 Å². The van der Waals surface area contributed by atoms with Gasteiger partial charge in [0.05, 0.1) is 5.69 Å². The fraction of sp³-hybridized carbons (Fsp3) is 0.650. The van der Waals surface area contributed by atoms with Crippen molar-refractivity contribution in [2.75, 3.05) is 18.5 Å². The molecule has 1 aromatic carbocycles. The van der Waals surface area contributed by atoms with Gasteiger partial charge in [0.2, 0.25) is 0 Å². The van der Waals surface area contributed by atoms with E-state index in [1.54, 1.807) is 0 Å². The molecule has 4 nitrogen and oxygen atoms in total. The highest BCUT2D eigenvalue weighted by atomic mass is 79.9. The monoisotopic (exact) mass is 411 g/mol. The molecule has 1 aromatic rings. The molecule has 1 rings (SSSR count). The first-order valence-corrected chi connectivity index (χ1v) is 10.4. The Kier molecular flexibility index (Phi) is 10.1. The Morgan fingerprint density at radius 3 is 1.96 bits per heavy atom. The van der Waals surface area contributed by atoms with Gasteiger partial charge in [-0.3, -0.25) is 20.5 Å². The zero-order chi connectivity index (χ0) is 18.7. The van der Waals surface area contributed by atoms with Gasteiger partial charge in [-0.15, -0.1) is 0 Å². The van der Waals surface area contributed by atoms with Crippen LogP contribution < -0.4 is 10.9 Å². The fourth-order valence-electron chi connectivity index (χ4n) is 3.36. The maximum Gasteiger partial charge on any atom is 0.258 e. The Labute approximate surface area is 161 Å². The predicted molar refractivity (Wildman–Crippen MR) is 111 cm³/mol. The second kappa shape index (κ2) is 11.5. The number of nitrogens with one attached hydrogen (secondary N) is 2. The lowest BCUT2D eigenvalue weighted by Crippen LogP contribution is -2.59. The number of hydrogen-bond donors (Lipinski definition) is 2. The van der Waals surface area contributed by atoms with Crippen LogP contribution in [0.15, 0.2) is 28.7 Å². The van der Waals surface area contributed by atoms with Crippen LogP contribution in [0.2, 0.25) is 0 Å². The molecule has 0 heterocycles. The Balaban J connectivity index is 2.96. The molecular weight excluding hydrogens is 378 g/mol. The quantitative estimate of drug-likeness (QED) is 0.455. The molecule has 0 saturated carbocycles. The number of hydrazine groups is 1. The molecule has 0 aliphatic heterocycles. The van der Waals surface area contributed by atoms with Crippen LogP contribution in [0, 0.1) is 0 Å². The molecule has 0 aliphatic rings. The molecule has 0 saturated heterocycles. The lowest BCUT2D eigenvalue weighted by Gasteiger charge is -2.42. The average Bonchev–Trinajstić information content (AvgIpc) is 2.63. The van der Waals surface area contributed by atoms with Crippen molar-refractivity contribution < 1.29 is 4.79 Å². The van der Waals surface area contributed by atoms with Crippen molar-refractivity contribution >= 4 is 27.5 Å². The Morgan fingerprint density at radius 1 is 1.00 bits per heavy atom. The summed E-state index contributed by atoms with van der Waals surface area (Å²) in [6.45, 7) is 10.4. The summed E-state index contributed by atoms with van der Waals surface area (Å²) in [6, 6.07) is 7.81. The first-order chi connectivity index (χ1) is 12.0. The van der Waals surface area contributed by atoms with Crippen LogP contribution in [0.4, 0.5) is 5.69 Å². The summed E-state index contributed by atoms with van der Waals surface area (Å²) < 4.78 is 1.02. The van der Waals surface area contributed by atoms with E-state index in [-0.39, 0.29) is 5.91 Å². The Hall–Kier alpha value is -1.07. The summed E-state index contributed by atoms with van der Waals surface area (Å²) in [6.07, 6.45) is 6.13. The van der Waals surface area contributed by atoms with E-state index in [9.17, 15) is 4.79 Å². The van der Waals surface area contributed by atoms with Crippen molar-refractivity contribution in [2.24, 2.45) is 0 Å². The Morgan fingerprint density at radius 2 is 1.52 bits per heavy atom. The van der Waals surface area contributed by atoms with Crippen LogP contribution in [0.5, 0.6) is 0 Å². The highest BCUT2D eigenvalue weighted by molar-refractivity contribution is 9.10. The highest BCUT2D eigenvalue weighted by Gasteiger charge is 2.41. The van der Waals surface area contributed by atoms with Gasteiger partial charge >= 0.3 is 0 Å². The maximum absolute atomic E-state index is 13.3. The fourth-order valence-corrected chi connectivity index (χ4v) is 3.62. The van der Waals surface area contributed by atoms with E-state index in [4.69, 9.17) is 0 Å². The number of carbonyl (C=O) groups is 1. The standard InChI is InChI=1S/C20H34BrN3O/c1-5-9-15-20(16-10-6-2,24(7-3)8-4)19(25)23-22-18-13-11-17(21)12-14-18/h11-14,22H,5-10,15-16H2,1-4H3,(H,23,25). The number of nitrogens with zero attached hydrogens (tertiary/aromatic N) is 1. The average molecular weight is 412 g/mol. The number of likely N-dealkylation sites (N-methyl/N-ethyl adjacent to an activating group) is 1. The summed E-state index contributed by atoms with van der Waals surface area (Å²) in [5.41, 5.74) is 6.52. The number of unbranched alkanes of at least 4 members (excludes halogenated alkanes) is 2. The predicted octanol–water partition coefficient (Wildman–Crippen LogP) is 5.35. The minimum absolute atomic E-state index is 0.0843. The van der Waals surface area contributed by atoms with E-state index in [0.29, 0.717) is 0 Å². The van der Waals surface area contributed by atoms with Gasteiger partial charge < -0.3 is 0 Å². The molecule has 0 atom stereocenters. The van der Waals surface area contributed by atoms with Crippen molar-refractivity contribution in [3.63, 3.8) is 0 Å². The lowest BCUT2D eigenvalue weighted by atomic mass is 9.84. The van der Waals surface area contributed by atoms with Crippen molar-refractivity contribution in [1.82, 2.24) is 10.3 Å². The minimum Gasteiger partial charge on any atom is -0.299 e. The van der Waals surface area contributed by atoms with Crippen molar-refractivity contribution in [3.8, 4) is 0 Å². The van der Waals surface area contributed by atoms with Crippen LogP contribution in [0.25, 0.3) is 0 Å². The molecule has 2 N–H and O–H groups in total. The number of halogens is 1. The van der Waals surface area contributed by atoms with Gasteiger partial charge in [-0.1, -0.05) is 69.3 Å². The highest BCUT2D eigenvalue weighted by Crippen LogP contribution is 2.29. The molecular formula is C20H34BrN3O. The molecule has 0 radical (unpaired) electrons. The van der Waals surface area contributed by atoms with Crippen LogP contribution in [0.3, 0.4) is 0 Å². The van der Waals surface area contributed by atoms with Crippen LogP contribution >= 0.6 is 15.9 Å². The van der Waals surface area contributed by atoms with Crippen molar-refractivity contribution in [3.05, 3.63) is 28.7 Å². The normalized spacial score (nSPS) is 11.6. The molecule has 25 heavy (non-hydrogen) atoms. The van der Waals surface area contributed by atoms with Gasteiger partial charge in [-0.2, -0.15) is 0 Å². The summed E-state index contributed by atoms with van der Waals surface area (Å²) in [5, 5.41) is 0. The number of benzene rings is 1. The summed E-state index contributed by atoms with van der Waals surface area (Å²) in [7, 11) is 0. The molecule has 0 bridgehead atoms. The number of rotatable bonds is 12. The zero-order valence-corrected chi connectivity index (χ0v) is 17.8. The lowest BCUT2D eigenvalue weighted by molar-refractivity contribution is -0.134. The van der Waals surface area contributed by atoms with E-state index in [1.807, 2.05) is 24.3 Å². The van der Waals surface area contributed by atoms with Gasteiger partial charge in [-0.05, 0) is 50.2 Å². The van der Waals surface area contributed by atoms with Crippen molar-refractivity contribution in [2.45, 2.75) is 71.8 Å². The SMILES string of the molecule is CCCCC(CCCC)(C(=O)NNc1ccc(Br)cc1)N(CC)CC. The molecule has 0 aliphatic carbocycles. The largest absolute Gasteiger partial charge is 0.299 e. The van der Waals surface area contributed by atoms with Gasteiger partial charge in [0.25, 0.3) is 5.91 Å². The van der Waals surface area contributed by atoms with Gasteiger partial charge in [0.1, 0.15) is 5.54 Å². The maximum atomic E-state index is 13.3. The van der Waals surface area contributed by atoms with E-state index in [2.05, 4.69) is 59.4 Å². The topological polar surface area (TPSA) is 44.4 Å². The van der Waals surface area contributed by atoms with Crippen LogP contribution in [0.1, 0.15) is 66.2 Å². The first kappa shape index (κ1) is 22.0.